The number of alkyl halides is 2. The van der Waals surface area contributed by atoms with E-state index in [2.05, 4.69) is 4.98 Å². The van der Waals surface area contributed by atoms with Gasteiger partial charge in [-0.05, 0) is 34.2 Å². The predicted molar refractivity (Wildman–Crippen MR) is 49.8 cm³/mol. The molecular formula is C7H6F3IN2. The summed E-state index contributed by atoms with van der Waals surface area (Å²) in [5, 5.41) is 0. The van der Waals surface area contributed by atoms with Crippen LogP contribution < -0.4 is 5.73 Å². The van der Waals surface area contributed by atoms with Crippen molar-refractivity contribution in [1.29, 1.82) is 0 Å². The first-order valence-electron chi connectivity index (χ1n) is 3.39. The van der Waals surface area contributed by atoms with Crippen molar-refractivity contribution in [3.8, 4) is 0 Å². The summed E-state index contributed by atoms with van der Waals surface area (Å²) < 4.78 is 37.8. The molecule has 6 heteroatoms. The fourth-order valence-corrected chi connectivity index (χ4v) is 1.53. The van der Waals surface area contributed by atoms with Crippen molar-refractivity contribution in [2.24, 2.45) is 5.73 Å². The zero-order chi connectivity index (χ0) is 10.0. The van der Waals surface area contributed by atoms with Crippen LogP contribution >= 0.6 is 22.6 Å². The highest BCUT2D eigenvalue weighted by molar-refractivity contribution is 14.1. The Hall–Kier alpha value is -0.370. The maximum Gasteiger partial charge on any atom is 0.268 e. The first kappa shape index (κ1) is 10.7. The van der Waals surface area contributed by atoms with Gasteiger partial charge in [-0.25, -0.2) is 13.8 Å². The molecule has 0 bridgehead atoms. The average molecular weight is 302 g/mol. The van der Waals surface area contributed by atoms with Crippen LogP contribution in [0.5, 0.6) is 0 Å². The van der Waals surface area contributed by atoms with Crippen molar-refractivity contribution in [1.82, 2.24) is 4.98 Å². The van der Waals surface area contributed by atoms with Gasteiger partial charge in [-0.3, -0.25) is 0 Å². The molecule has 1 aromatic rings. The van der Waals surface area contributed by atoms with E-state index in [0.717, 1.165) is 0 Å². The van der Waals surface area contributed by atoms with Gasteiger partial charge < -0.3 is 5.73 Å². The minimum atomic E-state index is -2.87. The topological polar surface area (TPSA) is 38.9 Å². The molecule has 0 fully saturated rings. The molecule has 1 heterocycles. The number of nitrogens with two attached hydrogens (primary N) is 1. The van der Waals surface area contributed by atoms with Gasteiger partial charge in [-0.1, -0.05) is 0 Å². The number of nitrogens with zero attached hydrogens (tertiary/aromatic N) is 1. The van der Waals surface area contributed by atoms with Crippen molar-refractivity contribution in [2.75, 3.05) is 0 Å². The van der Waals surface area contributed by atoms with Gasteiger partial charge in [0, 0.05) is 6.54 Å². The van der Waals surface area contributed by atoms with Gasteiger partial charge in [0.25, 0.3) is 6.43 Å². The van der Waals surface area contributed by atoms with Gasteiger partial charge in [0.05, 0.1) is 5.56 Å². The number of halogens is 4. The van der Waals surface area contributed by atoms with Crippen LogP contribution in [-0.2, 0) is 6.54 Å². The third-order valence-corrected chi connectivity index (χ3v) is 2.06. The van der Waals surface area contributed by atoms with E-state index in [0.29, 0.717) is 3.70 Å². The number of rotatable bonds is 2. The molecule has 0 aliphatic heterocycles. The zero-order valence-corrected chi connectivity index (χ0v) is 8.56. The van der Waals surface area contributed by atoms with E-state index in [1.54, 1.807) is 22.6 Å². The Balaban J connectivity index is 3.30. The molecule has 0 atom stereocenters. The van der Waals surface area contributed by atoms with Gasteiger partial charge in [0.2, 0.25) is 5.95 Å². The molecule has 1 aromatic heterocycles. The van der Waals surface area contributed by atoms with E-state index in [9.17, 15) is 13.2 Å². The molecule has 0 unspecified atom stereocenters. The Kier molecular flexibility index (Phi) is 3.48. The lowest BCUT2D eigenvalue weighted by Crippen LogP contribution is -2.07. The van der Waals surface area contributed by atoms with Crippen molar-refractivity contribution in [3.63, 3.8) is 0 Å². The first-order chi connectivity index (χ1) is 6.06. The largest absolute Gasteiger partial charge is 0.326 e. The van der Waals surface area contributed by atoms with Crippen LogP contribution in [-0.4, -0.2) is 4.98 Å². The lowest BCUT2D eigenvalue weighted by molar-refractivity contribution is 0.143. The molecule has 0 saturated heterocycles. The standard InChI is InChI=1S/C7H6F3IN2/c8-6(9)5-3(2-12)1-4(11)13-7(5)10/h1,6H,2,12H2. The molecule has 1 rings (SSSR count). The third-order valence-electron chi connectivity index (χ3n) is 1.50. The van der Waals surface area contributed by atoms with Crippen LogP contribution in [0.3, 0.4) is 0 Å². The monoisotopic (exact) mass is 302 g/mol. The molecule has 72 valence electrons. The van der Waals surface area contributed by atoms with E-state index in [4.69, 9.17) is 5.73 Å². The van der Waals surface area contributed by atoms with Crippen molar-refractivity contribution in [2.45, 2.75) is 13.0 Å². The molecule has 0 radical (unpaired) electrons. The lowest BCUT2D eigenvalue weighted by Gasteiger charge is -2.07. The molecule has 2 nitrogen and oxygen atoms in total. The quantitative estimate of drug-likeness (QED) is 0.672. The van der Waals surface area contributed by atoms with Crippen molar-refractivity contribution < 1.29 is 13.2 Å². The fraction of sp³-hybridized carbons (Fsp3) is 0.286. The summed E-state index contributed by atoms with van der Waals surface area (Å²) in [7, 11) is 0. The summed E-state index contributed by atoms with van der Waals surface area (Å²) in [6.07, 6.45) is -2.87. The van der Waals surface area contributed by atoms with Crippen LogP contribution in [0.4, 0.5) is 13.2 Å². The Labute approximate surface area is 86.5 Å². The number of pyridine rings is 1. The minimum Gasteiger partial charge on any atom is -0.326 e. The lowest BCUT2D eigenvalue weighted by atomic mass is 10.1. The van der Waals surface area contributed by atoms with Gasteiger partial charge in [-0.15, -0.1) is 0 Å². The second-order valence-corrected chi connectivity index (χ2v) is 3.42. The predicted octanol–water partition coefficient (Wildman–Crippen LogP) is 2.22. The van der Waals surface area contributed by atoms with Gasteiger partial charge in [-0.2, -0.15) is 4.39 Å². The maximum absolute atomic E-state index is 12.9. The highest BCUT2D eigenvalue weighted by atomic mass is 127. The maximum atomic E-state index is 12.9. The van der Waals surface area contributed by atoms with Crippen molar-refractivity contribution in [3.05, 3.63) is 26.8 Å². The average Bonchev–Trinajstić information content (AvgIpc) is 2.01. The summed E-state index contributed by atoms with van der Waals surface area (Å²) in [6.45, 7) is -0.116. The highest BCUT2D eigenvalue weighted by Crippen LogP contribution is 2.25. The number of hydrogen-bond acceptors (Lipinski definition) is 2. The van der Waals surface area contributed by atoms with E-state index in [1.807, 2.05) is 0 Å². The fourth-order valence-electron chi connectivity index (χ4n) is 0.939. The summed E-state index contributed by atoms with van der Waals surface area (Å²) in [5.41, 5.74) is 4.61. The van der Waals surface area contributed by atoms with Gasteiger partial charge in [0.1, 0.15) is 3.70 Å². The summed E-state index contributed by atoms with van der Waals surface area (Å²) in [4.78, 5) is 3.29. The van der Waals surface area contributed by atoms with Gasteiger partial charge >= 0.3 is 0 Å². The first-order valence-corrected chi connectivity index (χ1v) is 4.47. The number of hydrogen-bond donors (Lipinski definition) is 1. The van der Waals surface area contributed by atoms with Crippen molar-refractivity contribution >= 4 is 22.6 Å². The molecule has 0 aliphatic rings. The molecule has 2 N–H and O–H groups in total. The van der Waals surface area contributed by atoms with Crippen LogP contribution in [0.2, 0.25) is 0 Å². The van der Waals surface area contributed by atoms with Crippen LogP contribution in [0, 0.1) is 9.65 Å². The van der Waals surface area contributed by atoms with E-state index in [-0.39, 0.29) is 12.1 Å². The highest BCUT2D eigenvalue weighted by Gasteiger charge is 2.19. The molecule has 0 aliphatic carbocycles. The van der Waals surface area contributed by atoms with Crippen LogP contribution in [0.15, 0.2) is 6.07 Å². The Morgan fingerprint density at radius 1 is 1.54 bits per heavy atom. The van der Waals surface area contributed by atoms with E-state index in [1.165, 1.54) is 6.07 Å². The summed E-state index contributed by atoms with van der Waals surface area (Å²) in [5.74, 6) is -1.14. The summed E-state index contributed by atoms with van der Waals surface area (Å²) >= 11 is 1.74. The minimum absolute atomic E-state index is 0.104. The molecular weight excluding hydrogens is 296 g/mol. The Bertz CT molecular complexity index is 317. The second kappa shape index (κ2) is 4.23. The second-order valence-electron chi connectivity index (χ2n) is 2.31. The zero-order valence-electron chi connectivity index (χ0n) is 6.40. The van der Waals surface area contributed by atoms with Crippen LogP contribution in [0.1, 0.15) is 17.6 Å². The molecule has 0 spiro atoms. The SMILES string of the molecule is NCc1cc(I)nc(F)c1C(F)F. The third kappa shape index (κ3) is 2.31. The van der Waals surface area contributed by atoms with E-state index >= 15 is 0 Å². The van der Waals surface area contributed by atoms with Gasteiger partial charge in [0.15, 0.2) is 0 Å². The molecule has 0 aromatic carbocycles. The normalized spacial score (nSPS) is 10.9. The molecule has 0 amide bonds. The van der Waals surface area contributed by atoms with Crippen LogP contribution in [0.25, 0.3) is 0 Å². The van der Waals surface area contributed by atoms with E-state index < -0.39 is 17.9 Å². The number of aromatic nitrogens is 1. The molecule has 0 saturated carbocycles. The smallest absolute Gasteiger partial charge is 0.268 e. The summed E-state index contributed by atoms with van der Waals surface area (Å²) in [6, 6.07) is 1.35. The Morgan fingerprint density at radius 2 is 2.15 bits per heavy atom. The molecule has 13 heavy (non-hydrogen) atoms. The Morgan fingerprint density at radius 3 is 2.62 bits per heavy atom.